The van der Waals surface area contributed by atoms with Crippen molar-refractivity contribution in [3.05, 3.63) is 48.0 Å². The van der Waals surface area contributed by atoms with Crippen molar-refractivity contribution in [1.82, 2.24) is 20.0 Å². The van der Waals surface area contributed by atoms with Crippen molar-refractivity contribution in [2.24, 2.45) is 0 Å². The molecular formula is C16H17FN4O2. The number of benzene rings is 1. The number of hydrogen-bond donors (Lipinski definition) is 1. The van der Waals surface area contributed by atoms with Gasteiger partial charge in [0.25, 0.3) is 5.91 Å². The van der Waals surface area contributed by atoms with Crippen molar-refractivity contribution in [3.63, 3.8) is 0 Å². The molecule has 1 fully saturated rings. The summed E-state index contributed by atoms with van der Waals surface area (Å²) in [4.78, 5) is 26.0. The van der Waals surface area contributed by atoms with Crippen molar-refractivity contribution in [2.45, 2.75) is 19.4 Å². The molecule has 1 aliphatic heterocycles. The van der Waals surface area contributed by atoms with Crippen LogP contribution in [0.4, 0.5) is 4.39 Å². The third-order valence-electron chi connectivity index (χ3n) is 3.91. The molecule has 0 saturated carbocycles. The molecule has 1 aliphatic rings. The first kappa shape index (κ1) is 15.2. The predicted molar refractivity (Wildman–Crippen MR) is 81.6 cm³/mol. The number of hydrogen-bond acceptors (Lipinski definition) is 3. The quantitative estimate of drug-likeness (QED) is 0.910. The maximum absolute atomic E-state index is 13.8. The van der Waals surface area contributed by atoms with Crippen molar-refractivity contribution < 1.29 is 14.0 Å². The van der Waals surface area contributed by atoms with Gasteiger partial charge in [0.15, 0.2) is 0 Å². The summed E-state index contributed by atoms with van der Waals surface area (Å²) in [7, 11) is 0. The second-order valence-electron chi connectivity index (χ2n) is 5.44. The number of aromatic nitrogens is 2. The minimum atomic E-state index is -0.540. The molecule has 0 radical (unpaired) electrons. The van der Waals surface area contributed by atoms with Crippen LogP contribution in [-0.2, 0) is 4.79 Å². The lowest BCUT2D eigenvalue weighted by Gasteiger charge is -2.24. The van der Waals surface area contributed by atoms with E-state index in [1.165, 1.54) is 28.0 Å². The van der Waals surface area contributed by atoms with Gasteiger partial charge < -0.3 is 10.2 Å². The summed E-state index contributed by atoms with van der Waals surface area (Å²) in [5.41, 5.74) is 0.600. The summed E-state index contributed by atoms with van der Waals surface area (Å²) in [6.45, 7) is 2.74. The van der Waals surface area contributed by atoms with Gasteiger partial charge >= 0.3 is 0 Å². The highest BCUT2D eigenvalue weighted by Gasteiger charge is 2.29. The number of halogens is 1. The first-order chi connectivity index (χ1) is 11.1. The van der Waals surface area contributed by atoms with Crippen LogP contribution in [-0.4, -0.2) is 45.6 Å². The van der Waals surface area contributed by atoms with E-state index in [2.05, 4.69) is 10.4 Å². The molecular weight excluding hydrogens is 299 g/mol. The Bertz CT molecular complexity index is 743. The number of nitrogens with zero attached hydrogens (tertiary/aromatic N) is 3. The Balaban J connectivity index is 1.86. The molecule has 0 spiro atoms. The lowest BCUT2D eigenvalue weighted by molar-refractivity contribution is -0.124. The molecule has 1 aromatic carbocycles. The molecule has 1 saturated heterocycles. The molecule has 0 bridgehead atoms. The maximum Gasteiger partial charge on any atom is 0.257 e. The second-order valence-corrected chi connectivity index (χ2v) is 5.44. The van der Waals surface area contributed by atoms with Crippen molar-refractivity contribution in [3.8, 4) is 5.69 Å². The van der Waals surface area contributed by atoms with E-state index >= 15 is 0 Å². The molecule has 23 heavy (non-hydrogen) atoms. The van der Waals surface area contributed by atoms with E-state index in [1.54, 1.807) is 25.1 Å². The summed E-state index contributed by atoms with van der Waals surface area (Å²) in [5, 5.41) is 6.83. The third-order valence-corrected chi connectivity index (χ3v) is 3.91. The Labute approximate surface area is 132 Å². The minimum Gasteiger partial charge on any atom is -0.354 e. The van der Waals surface area contributed by atoms with E-state index in [0.717, 1.165) is 0 Å². The molecule has 0 aliphatic carbocycles. The molecule has 7 heteroatoms. The van der Waals surface area contributed by atoms with E-state index in [4.69, 9.17) is 0 Å². The van der Waals surface area contributed by atoms with Crippen LogP contribution in [0, 0.1) is 5.82 Å². The number of rotatable bonds is 2. The highest BCUT2D eigenvalue weighted by atomic mass is 19.1. The third kappa shape index (κ3) is 2.94. The fourth-order valence-electron chi connectivity index (χ4n) is 2.59. The number of carbonyl (C=O) groups is 2. The standard InChI is InChI=1S/C16H17FN4O2/c1-11-15(22)18-7-4-8-20(11)16(23)12-9-19-21(10-12)14-6-3-2-5-13(14)17/h2-3,5-6,9-11H,4,7-8H2,1H3,(H,18,22)/t11-/m0/s1. The van der Waals surface area contributed by atoms with Crippen molar-refractivity contribution in [1.29, 1.82) is 0 Å². The Morgan fingerprint density at radius 3 is 2.96 bits per heavy atom. The van der Waals surface area contributed by atoms with Crippen LogP contribution in [0.1, 0.15) is 23.7 Å². The van der Waals surface area contributed by atoms with Gasteiger partial charge in [0.05, 0.1) is 11.8 Å². The molecule has 120 valence electrons. The molecule has 1 aromatic heterocycles. The van der Waals surface area contributed by atoms with Crippen LogP contribution >= 0.6 is 0 Å². The van der Waals surface area contributed by atoms with Crippen molar-refractivity contribution in [2.75, 3.05) is 13.1 Å². The topological polar surface area (TPSA) is 67.2 Å². The summed E-state index contributed by atoms with van der Waals surface area (Å²) < 4.78 is 15.1. The Morgan fingerprint density at radius 1 is 1.39 bits per heavy atom. The van der Waals surface area contributed by atoms with Crippen molar-refractivity contribution >= 4 is 11.8 Å². The Morgan fingerprint density at radius 2 is 2.17 bits per heavy atom. The summed E-state index contributed by atoms with van der Waals surface area (Å²) in [5.74, 6) is -0.869. The highest BCUT2D eigenvalue weighted by molar-refractivity contribution is 5.97. The Hall–Kier alpha value is -2.70. The van der Waals surface area contributed by atoms with Crippen LogP contribution in [0.5, 0.6) is 0 Å². The largest absolute Gasteiger partial charge is 0.354 e. The Kier molecular flexibility index (Phi) is 4.10. The fourth-order valence-corrected chi connectivity index (χ4v) is 2.59. The molecule has 6 nitrogen and oxygen atoms in total. The van der Waals surface area contributed by atoms with Gasteiger partial charge in [-0.25, -0.2) is 9.07 Å². The van der Waals surface area contributed by atoms with Crippen LogP contribution < -0.4 is 5.32 Å². The average Bonchev–Trinajstić information content (AvgIpc) is 2.97. The van der Waals surface area contributed by atoms with E-state index < -0.39 is 11.9 Å². The molecule has 1 atom stereocenters. The molecule has 3 rings (SSSR count). The van der Waals surface area contributed by atoms with Crippen LogP contribution in [0.15, 0.2) is 36.7 Å². The molecule has 2 aromatic rings. The van der Waals surface area contributed by atoms with E-state index in [9.17, 15) is 14.0 Å². The minimum absolute atomic E-state index is 0.169. The van der Waals surface area contributed by atoms with Gasteiger partial charge in [-0.2, -0.15) is 5.10 Å². The predicted octanol–water partition coefficient (Wildman–Crippen LogP) is 1.36. The lowest BCUT2D eigenvalue weighted by Crippen LogP contribution is -2.45. The van der Waals surface area contributed by atoms with Gasteiger partial charge in [-0.05, 0) is 25.5 Å². The van der Waals surface area contributed by atoms with Gasteiger partial charge in [0, 0.05) is 19.3 Å². The van der Waals surface area contributed by atoms with Crippen LogP contribution in [0.3, 0.4) is 0 Å². The number of para-hydroxylation sites is 1. The van der Waals surface area contributed by atoms with E-state index in [0.29, 0.717) is 25.1 Å². The van der Waals surface area contributed by atoms with Gasteiger partial charge in [0.1, 0.15) is 17.5 Å². The molecule has 0 unspecified atom stereocenters. The zero-order chi connectivity index (χ0) is 16.4. The fraction of sp³-hybridized carbons (Fsp3) is 0.312. The summed E-state index contributed by atoms with van der Waals surface area (Å²) >= 11 is 0. The number of amides is 2. The normalized spacial score (nSPS) is 18.4. The van der Waals surface area contributed by atoms with E-state index in [1.807, 2.05) is 0 Å². The average molecular weight is 316 g/mol. The van der Waals surface area contributed by atoms with Gasteiger partial charge in [-0.3, -0.25) is 9.59 Å². The van der Waals surface area contributed by atoms with Gasteiger partial charge in [0.2, 0.25) is 5.91 Å². The van der Waals surface area contributed by atoms with Crippen LogP contribution in [0.2, 0.25) is 0 Å². The second kappa shape index (κ2) is 6.20. The molecule has 2 heterocycles. The maximum atomic E-state index is 13.8. The zero-order valence-electron chi connectivity index (χ0n) is 12.7. The zero-order valence-corrected chi connectivity index (χ0v) is 12.7. The lowest BCUT2D eigenvalue weighted by atomic mass is 10.2. The SMILES string of the molecule is C[C@H]1C(=O)NCCCN1C(=O)c1cnn(-c2ccccc2F)c1. The molecule has 2 amide bonds. The first-order valence-electron chi connectivity index (χ1n) is 7.46. The highest BCUT2D eigenvalue weighted by Crippen LogP contribution is 2.15. The first-order valence-corrected chi connectivity index (χ1v) is 7.46. The smallest absolute Gasteiger partial charge is 0.257 e. The molecule has 1 N–H and O–H groups in total. The number of carbonyl (C=O) groups excluding carboxylic acids is 2. The van der Waals surface area contributed by atoms with E-state index in [-0.39, 0.29) is 17.5 Å². The summed E-state index contributed by atoms with van der Waals surface area (Å²) in [6.07, 6.45) is 3.57. The van der Waals surface area contributed by atoms with Gasteiger partial charge in [-0.1, -0.05) is 12.1 Å². The summed E-state index contributed by atoms with van der Waals surface area (Å²) in [6, 6.07) is 5.66. The number of nitrogens with one attached hydrogen (secondary N) is 1. The van der Waals surface area contributed by atoms with Gasteiger partial charge in [-0.15, -0.1) is 0 Å². The van der Waals surface area contributed by atoms with Crippen LogP contribution in [0.25, 0.3) is 5.69 Å². The monoisotopic (exact) mass is 316 g/mol.